The molecule has 0 amide bonds. The number of aryl methyl sites for hydroxylation is 1. The zero-order valence-electron chi connectivity index (χ0n) is 16.0. The molecule has 0 N–H and O–H groups in total. The van der Waals surface area contributed by atoms with Gasteiger partial charge in [0.25, 0.3) is 0 Å². The summed E-state index contributed by atoms with van der Waals surface area (Å²) in [5, 5.41) is 0.781. The standard InChI is InChI=1S/C24H17F3O3/c1-15-6-8-16(9-7-15)14-20-19-4-2-3-5-21(19)29-23(28)22(20)17-10-12-18(13-11-17)30-24(25,26)27/h2-13H,14H2,1H3. The first kappa shape index (κ1) is 19.8. The van der Waals surface area contributed by atoms with Gasteiger partial charge in [0.1, 0.15) is 11.3 Å². The van der Waals surface area contributed by atoms with Gasteiger partial charge in [-0.3, -0.25) is 0 Å². The lowest BCUT2D eigenvalue weighted by Gasteiger charge is -2.13. The SMILES string of the molecule is Cc1ccc(Cc2c(-c3ccc(OC(F)(F)F)cc3)c(=O)oc3ccccc23)cc1. The highest BCUT2D eigenvalue weighted by molar-refractivity contribution is 5.87. The second kappa shape index (κ2) is 7.71. The molecule has 0 aliphatic heterocycles. The van der Waals surface area contributed by atoms with E-state index in [9.17, 15) is 18.0 Å². The number of hydrogen-bond acceptors (Lipinski definition) is 3. The van der Waals surface area contributed by atoms with Crippen molar-refractivity contribution in [1.82, 2.24) is 0 Å². The van der Waals surface area contributed by atoms with Gasteiger partial charge in [-0.25, -0.2) is 4.79 Å². The van der Waals surface area contributed by atoms with Crippen molar-refractivity contribution in [1.29, 1.82) is 0 Å². The first-order valence-electron chi connectivity index (χ1n) is 9.26. The van der Waals surface area contributed by atoms with Crippen LogP contribution in [-0.2, 0) is 6.42 Å². The monoisotopic (exact) mass is 410 g/mol. The van der Waals surface area contributed by atoms with Crippen molar-refractivity contribution >= 4 is 11.0 Å². The normalized spacial score (nSPS) is 11.6. The molecule has 0 unspecified atom stereocenters. The van der Waals surface area contributed by atoms with E-state index >= 15 is 0 Å². The van der Waals surface area contributed by atoms with Gasteiger partial charge in [0.2, 0.25) is 0 Å². The average molecular weight is 410 g/mol. The topological polar surface area (TPSA) is 39.4 Å². The fourth-order valence-corrected chi connectivity index (χ4v) is 3.42. The molecule has 0 saturated heterocycles. The number of hydrogen-bond donors (Lipinski definition) is 0. The molecule has 152 valence electrons. The summed E-state index contributed by atoms with van der Waals surface area (Å²) < 4.78 is 46.8. The molecule has 30 heavy (non-hydrogen) atoms. The van der Waals surface area contributed by atoms with E-state index in [1.165, 1.54) is 24.3 Å². The molecule has 4 rings (SSSR count). The summed E-state index contributed by atoms with van der Waals surface area (Å²) in [5.74, 6) is -0.350. The maximum Gasteiger partial charge on any atom is 0.573 e. The van der Waals surface area contributed by atoms with Crippen molar-refractivity contribution < 1.29 is 22.3 Å². The van der Waals surface area contributed by atoms with Crippen LogP contribution in [0.4, 0.5) is 13.2 Å². The molecule has 0 aliphatic carbocycles. The minimum atomic E-state index is -4.78. The Hall–Kier alpha value is -3.54. The molecule has 0 radical (unpaired) electrons. The molecular formula is C24H17F3O3. The lowest BCUT2D eigenvalue weighted by atomic mass is 9.93. The van der Waals surface area contributed by atoms with Gasteiger partial charge in [0.15, 0.2) is 0 Å². The number of rotatable bonds is 4. The number of halogens is 3. The van der Waals surface area contributed by atoms with Crippen molar-refractivity contribution in [3.8, 4) is 16.9 Å². The largest absolute Gasteiger partial charge is 0.573 e. The van der Waals surface area contributed by atoms with Crippen LogP contribution in [0.1, 0.15) is 16.7 Å². The van der Waals surface area contributed by atoms with Gasteiger partial charge in [-0.15, -0.1) is 13.2 Å². The fraction of sp³-hybridized carbons (Fsp3) is 0.125. The van der Waals surface area contributed by atoms with Gasteiger partial charge >= 0.3 is 12.0 Å². The highest BCUT2D eigenvalue weighted by Gasteiger charge is 2.31. The molecular weight excluding hydrogens is 393 g/mol. The van der Waals surface area contributed by atoms with Gasteiger partial charge in [0.05, 0.1) is 5.56 Å². The average Bonchev–Trinajstić information content (AvgIpc) is 2.69. The van der Waals surface area contributed by atoms with E-state index in [1.54, 1.807) is 12.1 Å². The number of para-hydroxylation sites is 1. The highest BCUT2D eigenvalue weighted by Crippen LogP contribution is 2.31. The van der Waals surface area contributed by atoms with Crippen molar-refractivity contribution in [2.45, 2.75) is 19.7 Å². The third kappa shape index (κ3) is 4.22. The van der Waals surface area contributed by atoms with E-state index in [1.807, 2.05) is 43.3 Å². The van der Waals surface area contributed by atoms with Crippen LogP contribution in [0.25, 0.3) is 22.1 Å². The second-order valence-electron chi connectivity index (χ2n) is 6.97. The molecule has 6 heteroatoms. The number of fused-ring (bicyclic) bond motifs is 1. The van der Waals surface area contributed by atoms with E-state index in [0.29, 0.717) is 23.1 Å². The van der Waals surface area contributed by atoms with E-state index in [0.717, 1.165) is 22.1 Å². The van der Waals surface area contributed by atoms with Gasteiger partial charge in [-0.2, -0.15) is 0 Å². The van der Waals surface area contributed by atoms with E-state index in [-0.39, 0.29) is 5.75 Å². The molecule has 4 aromatic rings. The Balaban J connectivity index is 1.85. The molecule has 0 aliphatic rings. The van der Waals surface area contributed by atoms with Crippen LogP contribution >= 0.6 is 0 Å². The molecule has 3 aromatic carbocycles. The molecule has 0 bridgehead atoms. The zero-order valence-corrected chi connectivity index (χ0v) is 16.0. The minimum absolute atomic E-state index is 0.327. The van der Waals surface area contributed by atoms with Crippen LogP contribution in [0, 0.1) is 6.92 Å². The second-order valence-corrected chi connectivity index (χ2v) is 6.97. The smallest absolute Gasteiger partial charge is 0.422 e. The van der Waals surface area contributed by atoms with Crippen molar-refractivity contribution in [2.24, 2.45) is 0 Å². The van der Waals surface area contributed by atoms with Crippen LogP contribution in [0.2, 0.25) is 0 Å². The predicted octanol–water partition coefficient (Wildman–Crippen LogP) is 6.26. The number of alkyl halides is 3. The van der Waals surface area contributed by atoms with Gasteiger partial charge in [-0.1, -0.05) is 60.2 Å². The van der Waals surface area contributed by atoms with Crippen LogP contribution < -0.4 is 10.4 Å². The van der Waals surface area contributed by atoms with Crippen LogP contribution in [-0.4, -0.2) is 6.36 Å². The number of benzene rings is 3. The van der Waals surface area contributed by atoms with Crippen LogP contribution in [0.15, 0.2) is 82.0 Å². The summed E-state index contributed by atoms with van der Waals surface area (Å²) in [7, 11) is 0. The molecule has 3 nitrogen and oxygen atoms in total. The van der Waals surface area contributed by atoms with E-state index in [4.69, 9.17) is 4.42 Å². The quantitative estimate of drug-likeness (QED) is 0.373. The van der Waals surface area contributed by atoms with Crippen LogP contribution in [0.5, 0.6) is 5.75 Å². The maximum atomic E-state index is 12.8. The van der Waals surface area contributed by atoms with Gasteiger partial charge < -0.3 is 9.15 Å². The van der Waals surface area contributed by atoms with E-state index < -0.39 is 12.0 Å². The number of ether oxygens (including phenoxy) is 1. The Morgan fingerprint density at radius 2 is 1.57 bits per heavy atom. The summed E-state index contributed by atoms with van der Waals surface area (Å²) in [6.07, 6.45) is -4.30. The molecule has 1 heterocycles. The summed E-state index contributed by atoms with van der Waals surface area (Å²) in [6, 6.07) is 20.4. The third-order valence-electron chi connectivity index (χ3n) is 4.80. The summed E-state index contributed by atoms with van der Waals surface area (Å²) in [4.78, 5) is 12.8. The lowest BCUT2D eigenvalue weighted by Crippen LogP contribution is -2.17. The van der Waals surface area contributed by atoms with Crippen molar-refractivity contribution in [2.75, 3.05) is 0 Å². The Labute approximate surface area is 170 Å². The Morgan fingerprint density at radius 1 is 0.900 bits per heavy atom. The van der Waals surface area contributed by atoms with Gasteiger partial charge in [0, 0.05) is 5.39 Å². The molecule has 0 fully saturated rings. The first-order chi connectivity index (χ1) is 14.3. The molecule has 1 aromatic heterocycles. The van der Waals surface area contributed by atoms with Gasteiger partial charge in [-0.05, 0) is 48.2 Å². The molecule has 0 atom stereocenters. The van der Waals surface area contributed by atoms with Crippen molar-refractivity contribution in [3.63, 3.8) is 0 Å². The summed E-state index contributed by atoms with van der Waals surface area (Å²) in [5.41, 5.74) is 3.60. The zero-order chi connectivity index (χ0) is 21.3. The van der Waals surface area contributed by atoms with E-state index in [2.05, 4.69) is 4.74 Å². The van der Waals surface area contributed by atoms with Crippen LogP contribution in [0.3, 0.4) is 0 Å². The highest BCUT2D eigenvalue weighted by atomic mass is 19.4. The Kier molecular flexibility index (Phi) is 5.08. The van der Waals surface area contributed by atoms with Crippen molar-refractivity contribution in [3.05, 3.63) is 99.9 Å². The maximum absolute atomic E-state index is 12.8. The minimum Gasteiger partial charge on any atom is -0.422 e. The third-order valence-corrected chi connectivity index (χ3v) is 4.80. The summed E-state index contributed by atoms with van der Waals surface area (Å²) in [6.45, 7) is 1.99. The molecule has 0 spiro atoms. The predicted molar refractivity (Wildman–Crippen MR) is 109 cm³/mol. The Bertz CT molecular complexity index is 1240. The first-order valence-corrected chi connectivity index (χ1v) is 9.26. The fourth-order valence-electron chi connectivity index (χ4n) is 3.42. The summed E-state index contributed by atoms with van der Waals surface area (Å²) >= 11 is 0. The lowest BCUT2D eigenvalue weighted by molar-refractivity contribution is -0.274. The Morgan fingerprint density at radius 3 is 2.23 bits per heavy atom. The molecule has 0 saturated carbocycles.